The molecule has 1 aliphatic carbocycles. The predicted octanol–water partition coefficient (Wildman–Crippen LogP) is 2.64. The second kappa shape index (κ2) is 5.34. The summed E-state index contributed by atoms with van der Waals surface area (Å²) in [6.45, 7) is 14.7. The molecule has 112 valence electrons. The van der Waals surface area contributed by atoms with Crippen molar-refractivity contribution in [2.45, 2.75) is 72.1 Å². The Bertz CT molecular complexity index is 296. The van der Waals surface area contributed by atoms with Gasteiger partial charge in [-0.15, -0.1) is 0 Å². The van der Waals surface area contributed by atoms with Gasteiger partial charge in [-0.1, -0.05) is 27.7 Å². The van der Waals surface area contributed by atoms with E-state index in [9.17, 15) is 0 Å². The standard InChI is InChI=1S/C16H32N2O/c1-12(17)14-10-18(6-7-19-14)13-8-15(2,3)11-16(4,5)9-13/h12-14H,6-11,17H2,1-5H3. The SMILES string of the molecule is CC(N)C1CN(C2CC(C)(C)CC(C)(C)C2)CCO1. The molecule has 2 unspecified atom stereocenters. The molecule has 2 atom stereocenters. The van der Waals surface area contributed by atoms with E-state index in [0.29, 0.717) is 16.9 Å². The molecule has 0 aromatic carbocycles. The normalized spacial score (nSPS) is 34.1. The maximum absolute atomic E-state index is 6.01. The Labute approximate surface area is 118 Å². The molecule has 3 nitrogen and oxygen atoms in total. The summed E-state index contributed by atoms with van der Waals surface area (Å²) in [7, 11) is 0. The molecule has 1 heterocycles. The molecule has 1 saturated carbocycles. The van der Waals surface area contributed by atoms with Gasteiger partial charge in [0.15, 0.2) is 0 Å². The van der Waals surface area contributed by atoms with Gasteiger partial charge >= 0.3 is 0 Å². The van der Waals surface area contributed by atoms with Crippen molar-refractivity contribution in [2.24, 2.45) is 16.6 Å². The fourth-order valence-electron chi connectivity index (χ4n) is 4.39. The molecular weight excluding hydrogens is 236 g/mol. The molecule has 2 rings (SSSR count). The van der Waals surface area contributed by atoms with Crippen molar-refractivity contribution in [1.82, 2.24) is 4.90 Å². The van der Waals surface area contributed by atoms with Crippen molar-refractivity contribution in [3.8, 4) is 0 Å². The quantitative estimate of drug-likeness (QED) is 0.837. The van der Waals surface area contributed by atoms with E-state index in [-0.39, 0.29) is 12.1 Å². The van der Waals surface area contributed by atoms with E-state index in [1.807, 2.05) is 0 Å². The Balaban J connectivity index is 2.04. The Morgan fingerprint density at radius 3 is 2.26 bits per heavy atom. The third kappa shape index (κ3) is 3.93. The molecule has 0 aromatic heterocycles. The summed E-state index contributed by atoms with van der Waals surface area (Å²) in [6, 6.07) is 0.830. The number of rotatable bonds is 2. The topological polar surface area (TPSA) is 38.5 Å². The van der Waals surface area contributed by atoms with Crippen LogP contribution in [-0.2, 0) is 4.74 Å². The van der Waals surface area contributed by atoms with E-state index in [2.05, 4.69) is 39.5 Å². The van der Waals surface area contributed by atoms with Gasteiger partial charge in [0.2, 0.25) is 0 Å². The number of morpholine rings is 1. The first kappa shape index (κ1) is 15.3. The van der Waals surface area contributed by atoms with Crippen LogP contribution in [0.25, 0.3) is 0 Å². The zero-order valence-corrected chi connectivity index (χ0v) is 13.4. The van der Waals surface area contributed by atoms with Crippen molar-refractivity contribution < 1.29 is 4.74 Å². The Hall–Kier alpha value is -0.120. The fraction of sp³-hybridized carbons (Fsp3) is 1.00. The zero-order valence-electron chi connectivity index (χ0n) is 13.4. The first-order valence-electron chi connectivity index (χ1n) is 7.80. The third-order valence-corrected chi connectivity index (χ3v) is 4.76. The summed E-state index contributed by atoms with van der Waals surface area (Å²) in [5, 5.41) is 0. The smallest absolute Gasteiger partial charge is 0.0850 e. The molecule has 0 radical (unpaired) electrons. The van der Waals surface area contributed by atoms with Crippen molar-refractivity contribution in [1.29, 1.82) is 0 Å². The first-order valence-corrected chi connectivity index (χ1v) is 7.80. The summed E-state index contributed by atoms with van der Waals surface area (Å²) in [5.74, 6) is 0. The van der Waals surface area contributed by atoms with Crippen LogP contribution in [0.15, 0.2) is 0 Å². The molecule has 2 aliphatic rings. The van der Waals surface area contributed by atoms with Crippen LogP contribution in [-0.4, -0.2) is 42.8 Å². The molecule has 19 heavy (non-hydrogen) atoms. The van der Waals surface area contributed by atoms with Gasteiger partial charge in [0, 0.05) is 25.2 Å². The predicted molar refractivity (Wildman–Crippen MR) is 80.2 cm³/mol. The summed E-state index contributed by atoms with van der Waals surface area (Å²) in [6.07, 6.45) is 4.16. The highest BCUT2D eigenvalue weighted by molar-refractivity contribution is 4.94. The van der Waals surface area contributed by atoms with Crippen LogP contribution >= 0.6 is 0 Å². The number of nitrogens with zero attached hydrogens (tertiary/aromatic N) is 1. The second-order valence-corrected chi connectivity index (χ2v) is 8.33. The van der Waals surface area contributed by atoms with Gasteiger partial charge in [-0.3, -0.25) is 4.90 Å². The minimum atomic E-state index is 0.132. The summed E-state index contributed by atoms with van der Waals surface area (Å²) >= 11 is 0. The highest BCUT2D eigenvalue weighted by Gasteiger charge is 2.41. The lowest BCUT2D eigenvalue weighted by molar-refractivity contribution is -0.0749. The number of nitrogens with two attached hydrogens (primary N) is 1. The van der Waals surface area contributed by atoms with Gasteiger partial charge in [-0.25, -0.2) is 0 Å². The molecule has 3 heteroatoms. The summed E-state index contributed by atoms with van der Waals surface area (Å²) < 4.78 is 5.80. The first-order chi connectivity index (χ1) is 8.69. The maximum atomic E-state index is 6.01. The lowest BCUT2D eigenvalue weighted by Crippen LogP contribution is -2.55. The molecular formula is C16H32N2O. The van der Waals surface area contributed by atoms with Gasteiger partial charge in [0.25, 0.3) is 0 Å². The van der Waals surface area contributed by atoms with Crippen LogP contribution in [0.1, 0.15) is 53.9 Å². The lowest BCUT2D eigenvalue weighted by atomic mass is 9.63. The average molecular weight is 268 g/mol. The molecule has 1 aliphatic heterocycles. The van der Waals surface area contributed by atoms with E-state index >= 15 is 0 Å². The van der Waals surface area contributed by atoms with Crippen molar-refractivity contribution in [3.63, 3.8) is 0 Å². The minimum absolute atomic E-state index is 0.132. The molecule has 0 bridgehead atoms. The Morgan fingerprint density at radius 2 is 1.74 bits per heavy atom. The average Bonchev–Trinajstić information content (AvgIpc) is 2.25. The zero-order chi connectivity index (χ0) is 14.3. The van der Waals surface area contributed by atoms with Crippen LogP contribution in [0.2, 0.25) is 0 Å². The molecule has 2 fully saturated rings. The van der Waals surface area contributed by atoms with E-state index in [4.69, 9.17) is 10.5 Å². The monoisotopic (exact) mass is 268 g/mol. The molecule has 0 spiro atoms. The van der Waals surface area contributed by atoms with Gasteiger partial charge in [-0.05, 0) is 37.0 Å². The van der Waals surface area contributed by atoms with Gasteiger partial charge in [0.05, 0.1) is 12.7 Å². The van der Waals surface area contributed by atoms with Crippen LogP contribution < -0.4 is 5.73 Å². The summed E-state index contributed by atoms with van der Waals surface area (Å²) in [4.78, 5) is 2.64. The fourth-order valence-corrected chi connectivity index (χ4v) is 4.39. The van der Waals surface area contributed by atoms with Crippen LogP contribution in [0, 0.1) is 10.8 Å². The van der Waals surface area contributed by atoms with E-state index < -0.39 is 0 Å². The van der Waals surface area contributed by atoms with Crippen LogP contribution in [0.3, 0.4) is 0 Å². The maximum Gasteiger partial charge on any atom is 0.0850 e. The largest absolute Gasteiger partial charge is 0.374 e. The highest BCUT2D eigenvalue weighted by Crippen LogP contribution is 2.47. The van der Waals surface area contributed by atoms with Crippen LogP contribution in [0.4, 0.5) is 0 Å². The van der Waals surface area contributed by atoms with Gasteiger partial charge in [-0.2, -0.15) is 0 Å². The van der Waals surface area contributed by atoms with E-state index in [1.165, 1.54) is 19.3 Å². The van der Waals surface area contributed by atoms with Gasteiger partial charge < -0.3 is 10.5 Å². The second-order valence-electron chi connectivity index (χ2n) is 8.33. The van der Waals surface area contributed by atoms with E-state index in [0.717, 1.165) is 19.7 Å². The number of hydrogen-bond acceptors (Lipinski definition) is 3. The van der Waals surface area contributed by atoms with Crippen molar-refractivity contribution >= 4 is 0 Å². The third-order valence-electron chi connectivity index (χ3n) is 4.76. The Morgan fingerprint density at radius 1 is 1.16 bits per heavy atom. The Kier molecular flexibility index (Phi) is 4.29. The van der Waals surface area contributed by atoms with Crippen molar-refractivity contribution in [2.75, 3.05) is 19.7 Å². The highest BCUT2D eigenvalue weighted by atomic mass is 16.5. The molecule has 0 amide bonds. The molecule has 1 saturated heterocycles. The summed E-state index contributed by atoms with van der Waals surface area (Å²) in [5.41, 5.74) is 6.92. The number of hydrogen-bond donors (Lipinski definition) is 1. The van der Waals surface area contributed by atoms with Gasteiger partial charge in [0.1, 0.15) is 0 Å². The molecule has 0 aromatic rings. The number of ether oxygens (including phenoxy) is 1. The lowest BCUT2D eigenvalue weighted by Gasteiger charge is -2.50. The molecule has 2 N–H and O–H groups in total. The minimum Gasteiger partial charge on any atom is -0.374 e. The van der Waals surface area contributed by atoms with E-state index in [1.54, 1.807) is 0 Å². The van der Waals surface area contributed by atoms with Crippen LogP contribution in [0.5, 0.6) is 0 Å². The van der Waals surface area contributed by atoms with Crippen molar-refractivity contribution in [3.05, 3.63) is 0 Å².